The van der Waals surface area contributed by atoms with Gasteiger partial charge in [0, 0.05) is 32.2 Å². The zero-order valence-corrected chi connectivity index (χ0v) is 19.4. The van der Waals surface area contributed by atoms with E-state index >= 15 is 0 Å². The summed E-state index contributed by atoms with van der Waals surface area (Å²) in [6.07, 6.45) is 8.17. The molecule has 0 unspecified atom stereocenters. The molecule has 1 saturated heterocycles. The molecule has 0 aromatic rings. The molecule has 28 heavy (non-hydrogen) atoms. The molecule has 1 heterocycles. The first kappa shape index (κ1) is 25.7. The van der Waals surface area contributed by atoms with Crippen LogP contribution in [0.1, 0.15) is 58.3 Å². The summed E-state index contributed by atoms with van der Waals surface area (Å²) in [5.41, 5.74) is -5.23. The Labute approximate surface area is 183 Å². The van der Waals surface area contributed by atoms with Crippen LogP contribution in [0.4, 0.5) is 13.2 Å². The van der Waals surface area contributed by atoms with E-state index in [9.17, 15) is 21.6 Å². The van der Waals surface area contributed by atoms with Crippen LogP contribution in [0.15, 0.2) is 4.99 Å². The van der Waals surface area contributed by atoms with Crippen LogP contribution in [0.5, 0.6) is 0 Å². The van der Waals surface area contributed by atoms with Gasteiger partial charge >= 0.3 is 15.5 Å². The Morgan fingerprint density at radius 1 is 1.14 bits per heavy atom. The zero-order valence-electron chi connectivity index (χ0n) is 16.3. The molecule has 0 bridgehead atoms. The molecule has 0 radical (unpaired) electrons. The van der Waals surface area contributed by atoms with Gasteiger partial charge in [-0.25, -0.2) is 8.42 Å². The van der Waals surface area contributed by atoms with E-state index in [0.29, 0.717) is 36.2 Å². The van der Waals surface area contributed by atoms with E-state index in [1.807, 2.05) is 6.92 Å². The summed E-state index contributed by atoms with van der Waals surface area (Å²) in [6.45, 7) is 3.08. The first-order chi connectivity index (χ1) is 12.7. The molecule has 166 valence electrons. The second kappa shape index (κ2) is 11.8. The molecule has 11 heteroatoms. The molecule has 2 N–H and O–H groups in total. The molecule has 0 amide bonds. The van der Waals surface area contributed by atoms with Gasteiger partial charge in [-0.3, -0.25) is 4.99 Å². The number of piperidine rings is 1. The first-order valence-electron chi connectivity index (χ1n) is 9.85. The second-order valence-corrected chi connectivity index (χ2v) is 9.25. The molecule has 1 saturated carbocycles. The van der Waals surface area contributed by atoms with Crippen LogP contribution < -0.4 is 10.6 Å². The number of hydrogen-bond donors (Lipinski definition) is 2. The van der Waals surface area contributed by atoms with E-state index in [1.54, 1.807) is 0 Å². The van der Waals surface area contributed by atoms with Gasteiger partial charge in [0.2, 0.25) is 0 Å². The third-order valence-corrected chi connectivity index (χ3v) is 6.92. The minimum absolute atomic E-state index is 0. The fourth-order valence-corrected chi connectivity index (χ4v) is 4.75. The molecule has 1 aliphatic heterocycles. The summed E-state index contributed by atoms with van der Waals surface area (Å²) < 4.78 is 61.4. The van der Waals surface area contributed by atoms with Gasteiger partial charge in [0.25, 0.3) is 0 Å². The molecular weight excluding hydrogens is 508 g/mol. The van der Waals surface area contributed by atoms with Crippen LogP contribution in [0.3, 0.4) is 0 Å². The summed E-state index contributed by atoms with van der Waals surface area (Å²) in [6, 6.07) is -0.0858. The Morgan fingerprint density at radius 2 is 1.75 bits per heavy atom. The molecule has 2 aliphatic rings. The molecule has 2 fully saturated rings. The zero-order chi connectivity index (χ0) is 19.9. The lowest BCUT2D eigenvalue weighted by molar-refractivity contribution is -0.0494. The molecule has 2 rings (SSSR count). The van der Waals surface area contributed by atoms with E-state index in [0.717, 1.165) is 12.3 Å². The van der Waals surface area contributed by atoms with E-state index in [1.165, 1.54) is 32.1 Å². The van der Waals surface area contributed by atoms with Crippen molar-refractivity contribution in [2.75, 3.05) is 26.2 Å². The van der Waals surface area contributed by atoms with Crippen molar-refractivity contribution in [2.45, 2.75) is 69.8 Å². The number of sulfonamides is 1. The quantitative estimate of drug-likeness (QED) is 0.225. The Hall–Kier alpha value is -0.300. The lowest BCUT2D eigenvalue weighted by Crippen LogP contribution is -2.51. The summed E-state index contributed by atoms with van der Waals surface area (Å²) in [4.78, 5) is 4.56. The van der Waals surface area contributed by atoms with Crippen molar-refractivity contribution in [3.05, 3.63) is 0 Å². The van der Waals surface area contributed by atoms with Gasteiger partial charge in [-0.15, -0.1) is 24.0 Å². The highest BCUT2D eigenvalue weighted by molar-refractivity contribution is 14.0. The van der Waals surface area contributed by atoms with Crippen LogP contribution in [-0.4, -0.2) is 56.4 Å². The lowest BCUT2D eigenvalue weighted by Gasteiger charge is -2.32. The molecule has 0 aromatic heterocycles. The SMILES string of the molecule is CCNC(=NCCCC1CCCC1)NC1CCN(S(=O)(=O)C(F)(F)F)CC1.I. The van der Waals surface area contributed by atoms with E-state index in [4.69, 9.17) is 0 Å². The monoisotopic (exact) mass is 540 g/mol. The smallest absolute Gasteiger partial charge is 0.357 e. The maximum absolute atomic E-state index is 12.6. The van der Waals surface area contributed by atoms with Crippen LogP contribution in [0.25, 0.3) is 0 Å². The highest BCUT2D eigenvalue weighted by Gasteiger charge is 2.50. The Bertz CT molecular complexity index is 588. The number of nitrogens with zero attached hydrogens (tertiary/aromatic N) is 2. The fourth-order valence-electron chi connectivity index (χ4n) is 3.77. The number of nitrogens with one attached hydrogen (secondary N) is 2. The average Bonchev–Trinajstić information content (AvgIpc) is 3.12. The Kier molecular flexibility index (Phi) is 10.8. The molecule has 0 aromatic carbocycles. The number of hydrogen-bond acceptors (Lipinski definition) is 3. The van der Waals surface area contributed by atoms with Gasteiger partial charge in [0.1, 0.15) is 0 Å². The van der Waals surface area contributed by atoms with E-state index in [-0.39, 0.29) is 43.1 Å². The predicted molar refractivity (Wildman–Crippen MR) is 115 cm³/mol. The summed E-state index contributed by atoms with van der Waals surface area (Å²) in [5.74, 6) is 1.48. The molecular formula is C17H32F3IN4O2S. The fraction of sp³-hybridized carbons (Fsp3) is 0.941. The van der Waals surface area contributed by atoms with Gasteiger partial charge in [0.15, 0.2) is 5.96 Å². The number of halogens is 4. The largest absolute Gasteiger partial charge is 0.511 e. The highest BCUT2D eigenvalue weighted by atomic mass is 127. The van der Waals surface area contributed by atoms with Crippen LogP contribution in [0.2, 0.25) is 0 Å². The van der Waals surface area contributed by atoms with Crippen molar-refractivity contribution in [3.63, 3.8) is 0 Å². The molecule has 6 nitrogen and oxygen atoms in total. The maximum atomic E-state index is 12.6. The normalized spacial score (nSPS) is 20.8. The predicted octanol–water partition coefficient (Wildman–Crippen LogP) is 3.44. The topological polar surface area (TPSA) is 73.8 Å². The van der Waals surface area contributed by atoms with Crippen LogP contribution in [-0.2, 0) is 10.0 Å². The molecule has 0 atom stereocenters. The number of guanidine groups is 1. The summed E-state index contributed by atoms with van der Waals surface area (Å²) in [5, 5.41) is 6.38. The van der Waals surface area contributed by atoms with Crippen molar-refractivity contribution in [1.29, 1.82) is 0 Å². The van der Waals surface area contributed by atoms with E-state index in [2.05, 4.69) is 15.6 Å². The third kappa shape index (κ3) is 7.51. The lowest BCUT2D eigenvalue weighted by atomic mass is 10.0. The third-order valence-electron chi connectivity index (χ3n) is 5.29. The van der Waals surface area contributed by atoms with Crippen molar-refractivity contribution < 1.29 is 21.6 Å². The first-order valence-corrected chi connectivity index (χ1v) is 11.3. The van der Waals surface area contributed by atoms with Gasteiger partial charge in [0.05, 0.1) is 0 Å². The van der Waals surface area contributed by atoms with Gasteiger partial charge in [-0.2, -0.15) is 17.5 Å². The van der Waals surface area contributed by atoms with Crippen LogP contribution in [0, 0.1) is 5.92 Å². The Balaban J connectivity index is 0.00000392. The minimum atomic E-state index is -5.23. The average molecular weight is 540 g/mol. The van der Waals surface area contributed by atoms with E-state index < -0.39 is 15.5 Å². The van der Waals surface area contributed by atoms with Crippen LogP contribution >= 0.6 is 24.0 Å². The van der Waals surface area contributed by atoms with Gasteiger partial charge in [-0.1, -0.05) is 25.7 Å². The summed E-state index contributed by atoms with van der Waals surface area (Å²) >= 11 is 0. The van der Waals surface area contributed by atoms with Crippen molar-refractivity contribution in [1.82, 2.24) is 14.9 Å². The molecule has 1 aliphatic carbocycles. The van der Waals surface area contributed by atoms with Crippen molar-refractivity contribution in [2.24, 2.45) is 10.9 Å². The van der Waals surface area contributed by atoms with Crippen molar-refractivity contribution >= 4 is 40.0 Å². The Morgan fingerprint density at radius 3 is 2.29 bits per heavy atom. The van der Waals surface area contributed by atoms with Gasteiger partial charge < -0.3 is 10.6 Å². The number of rotatable bonds is 7. The summed E-state index contributed by atoms with van der Waals surface area (Å²) in [7, 11) is -5.23. The number of alkyl halides is 3. The van der Waals surface area contributed by atoms with Gasteiger partial charge in [-0.05, 0) is 38.5 Å². The second-order valence-electron chi connectivity index (χ2n) is 7.32. The highest BCUT2D eigenvalue weighted by Crippen LogP contribution is 2.29. The van der Waals surface area contributed by atoms with Crippen molar-refractivity contribution in [3.8, 4) is 0 Å². The maximum Gasteiger partial charge on any atom is 0.511 e. The minimum Gasteiger partial charge on any atom is -0.357 e. The number of aliphatic imine (C=N–C) groups is 1. The standard InChI is InChI=1S/C17H31F3N4O2S.HI/c1-2-21-16(22-11-5-8-14-6-3-4-7-14)23-15-9-12-24(13-10-15)27(25,26)17(18,19)20;/h14-15H,2-13H2,1H3,(H2,21,22,23);1H. The molecule has 0 spiro atoms.